The van der Waals surface area contributed by atoms with Crippen LogP contribution in [0.3, 0.4) is 0 Å². The fourth-order valence-electron chi connectivity index (χ4n) is 4.65. The van der Waals surface area contributed by atoms with Gasteiger partial charge in [-0.25, -0.2) is 9.59 Å². The topological polar surface area (TPSA) is 107 Å². The average molecular weight is 516 g/mol. The molecule has 0 aliphatic heterocycles. The van der Waals surface area contributed by atoms with Crippen LogP contribution in [0.5, 0.6) is 0 Å². The van der Waals surface area contributed by atoms with Gasteiger partial charge in [0.05, 0.1) is 23.8 Å². The van der Waals surface area contributed by atoms with Crippen molar-refractivity contribution in [1.82, 2.24) is 9.97 Å². The lowest BCUT2D eigenvalue weighted by Crippen LogP contribution is -2.30. The van der Waals surface area contributed by atoms with Gasteiger partial charge in [0.15, 0.2) is 6.10 Å². The SMILES string of the molecule is COC(=O)c1c(NC(=O)C(C)OC(=O)c2cccc3nccnc23)sc2c1CCC(c1ccccc1)C2. The van der Waals surface area contributed by atoms with Gasteiger partial charge in [-0.2, -0.15) is 0 Å². The number of nitrogens with one attached hydrogen (secondary N) is 1. The van der Waals surface area contributed by atoms with Crippen molar-refractivity contribution in [1.29, 1.82) is 0 Å². The Labute approximate surface area is 217 Å². The van der Waals surface area contributed by atoms with Crippen LogP contribution < -0.4 is 5.32 Å². The monoisotopic (exact) mass is 515 g/mol. The molecule has 2 aromatic carbocycles. The van der Waals surface area contributed by atoms with Gasteiger partial charge in [-0.3, -0.25) is 14.8 Å². The van der Waals surface area contributed by atoms with E-state index in [2.05, 4.69) is 27.4 Å². The molecule has 1 aliphatic rings. The summed E-state index contributed by atoms with van der Waals surface area (Å²) in [4.78, 5) is 48.0. The first kappa shape index (κ1) is 24.6. The van der Waals surface area contributed by atoms with Gasteiger partial charge in [-0.1, -0.05) is 36.4 Å². The number of hydrogen-bond donors (Lipinski definition) is 1. The van der Waals surface area contributed by atoms with Gasteiger partial charge in [-0.15, -0.1) is 11.3 Å². The van der Waals surface area contributed by atoms with E-state index < -0.39 is 23.9 Å². The number of aromatic nitrogens is 2. The van der Waals surface area contributed by atoms with Crippen LogP contribution in [0, 0.1) is 0 Å². The summed E-state index contributed by atoms with van der Waals surface area (Å²) in [5.74, 6) is -1.38. The van der Waals surface area contributed by atoms with E-state index >= 15 is 0 Å². The van der Waals surface area contributed by atoms with Crippen LogP contribution in [-0.2, 0) is 27.1 Å². The molecule has 1 aliphatic carbocycles. The van der Waals surface area contributed by atoms with Crippen molar-refractivity contribution >= 4 is 45.2 Å². The first-order valence-electron chi connectivity index (χ1n) is 12.0. The van der Waals surface area contributed by atoms with E-state index in [4.69, 9.17) is 9.47 Å². The van der Waals surface area contributed by atoms with Gasteiger partial charge >= 0.3 is 11.9 Å². The molecule has 1 amide bonds. The lowest BCUT2D eigenvalue weighted by Gasteiger charge is -2.22. The molecule has 9 heteroatoms. The highest BCUT2D eigenvalue weighted by Crippen LogP contribution is 2.42. The van der Waals surface area contributed by atoms with Crippen LogP contribution >= 0.6 is 11.3 Å². The Hall–Kier alpha value is -4.11. The third-order valence-corrected chi connectivity index (χ3v) is 7.70. The molecule has 0 bridgehead atoms. The maximum absolute atomic E-state index is 13.0. The molecule has 0 saturated carbocycles. The quantitative estimate of drug-likeness (QED) is 0.363. The first-order chi connectivity index (χ1) is 18.0. The second-order valence-corrected chi connectivity index (χ2v) is 9.92. The average Bonchev–Trinajstić information content (AvgIpc) is 3.29. The third-order valence-electron chi connectivity index (χ3n) is 6.53. The number of methoxy groups -OCH3 is 1. The minimum atomic E-state index is -1.11. The maximum atomic E-state index is 13.0. The van der Waals surface area contributed by atoms with Gasteiger partial charge < -0.3 is 14.8 Å². The number of benzene rings is 2. The van der Waals surface area contributed by atoms with Gasteiger partial charge in [0.25, 0.3) is 5.91 Å². The molecule has 0 fully saturated rings. The number of ether oxygens (including phenoxy) is 2. The van der Waals surface area contributed by atoms with Gasteiger partial charge in [0.1, 0.15) is 10.5 Å². The summed E-state index contributed by atoms with van der Waals surface area (Å²) in [6.45, 7) is 1.49. The molecule has 8 nitrogen and oxygen atoms in total. The summed E-state index contributed by atoms with van der Waals surface area (Å²) in [5.41, 5.74) is 3.72. The number of anilines is 1. The molecule has 2 unspecified atom stereocenters. The zero-order chi connectivity index (χ0) is 25.9. The Morgan fingerprint density at radius 2 is 1.81 bits per heavy atom. The predicted molar refractivity (Wildman–Crippen MR) is 140 cm³/mol. The number of fused-ring (bicyclic) bond motifs is 2. The number of hydrogen-bond acceptors (Lipinski definition) is 8. The zero-order valence-corrected chi connectivity index (χ0v) is 21.2. The summed E-state index contributed by atoms with van der Waals surface area (Å²) < 4.78 is 10.5. The van der Waals surface area contributed by atoms with E-state index in [0.29, 0.717) is 33.9 Å². The number of nitrogens with zero attached hydrogens (tertiary/aromatic N) is 2. The van der Waals surface area contributed by atoms with Crippen LogP contribution in [0.2, 0.25) is 0 Å². The van der Waals surface area contributed by atoms with Crippen LogP contribution in [0.1, 0.15) is 56.0 Å². The van der Waals surface area contributed by atoms with E-state index in [0.717, 1.165) is 23.3 Å². The normalized spacial score (nSPS) is 15.5. The van der Waals surface area contributed by atoms with E-state index in [1.807, 2.05) is 18.2 Å². The fourth-order valence-corrected chi connectivity index (χ4v) is 5.97. The highest BCUT2D eigenvalue weighted by Gasteiger charge is 2.31. The smallest absolute Gasteiger partial charge is 0.341 e. The minimum absolute atomic E-state index is 0.221. The van der Waals surface area contributed by atoms with Crippen molar-refractivity contribution in [3.05, 3.63) is 88.1 Å². The molecule has 37 heavy (non-hydrogen) atoms. The largest absolute Gasteiger partial charge is 0.465 e. The van der Waals surface area contributed by atoms with Crippen molar-refractivity contribution in [3.8, 4) is 0 Å². The minimum Gasteiger partial charge on any atom is -0.465 e. The molecule has 2 heterocycles. The Morgan fingerprint density at radius 3 is 2.59 bits per heavy atom. The molecule has 1 N–H and O–H groups in total. The molecule has 2 atom stereocenters. The second-order valence-electron chi connectivity index (χ2n) is 8.82. The maximum Gasteiger partial charge on any atom is 0.341 e. The molecule has 0 saturated heterocycles. The van der Waals surface area contributed by atoms with Gasteiger partial charge in [-0.05, 0) is 55.4 Å². The molecule has 5 rings (SSSR count). The van der Waals surface area contributed by atoms with Crippen molar-refractivity contribution in [2.24, 2.45) is 0 Å². The summed E-state index contributed by atoms with van der Waals surface area (Å²) >= 11 is 1.38. The van der Waals surface area contributed by atoms with E-state index in [1.54, 1.807) is 18.2 Å². The zero-order valence-electron chi connectivity index (χ0n) is 20.4. The second kappa shape index (κ2) is 10.5. The van der Waals surface area contributed by atoms with Gasteiger partial charge in [0.2, 0.25) is 0 Å². The first-order valence-corrected chi connectivity index (χ1v) is 12.8. The molecule has 0 spiro atoms. The summed E-state index contributed by atoms with van der Waals surface area (Å²) in [7, 11) is 1.32. The lowest BCUT2D eigenvalue weighted by molar-refractivity contribution is -0.123. The van der Waals surface area contributed by atoms with Crippen LogP contribution in [-0.4, -0.2) is 41.0 Å². The highest BCUT2D eigenvalue weighted by atomic mass is 32.1. The number of amides is 1. The van der Waals surface area contributed by atoms with Gasteiger partial charge in [0, 0.05) is 17.3 Å². The number of thiophene rings is 1. The fraction of sp³-hybridized carbons (Fsp3) is 0.250. The summed E-state index contributed by atoms with van der Waals surface area (Å²) in [5, 5.41) is 3.22. The Morgan fingerprint density at radius 1 is 1.03 bits per heavy atom. The lowest BCUT2D eigenvalue weighted by atomic mass is 9.83. The van der Waals surface area contributed by atoms with E-state index in [-0.39, 0.29) is 5.56 Å². The van der Waals surface area contributed by atoms with E-state index in [1.165, 1.54) is 43.3 Å². The van der Waals surface area contributed by atoms with Crippen molar-refractivity contribution < 1.29 is 23.9 Å². The standard InChI is InChI=1S/C28H25N3O5S/c1-16(36-27(33)20-9-6-10-21-24(20)30-14-13-29-21)25(32)31-26-23(28(34)35-2)19-12-11-18(15-22(19)37-26)17-7-4-3-5-8-17/h3-10,13-14,16,18H,11-12,15H2,1-2H3,(H,31,32). The van der Waals surface area contributed by atoms with Crippen LogP contribution in [0.15, 0.2) is 60.9 Å². The number of carbonyl (C=O) groups is 3. The molecule has 188 valence electrons. The number of esters is 2. The van der Waals surface area contributed by atoms with E-state index in [9.17, 15) is 14.4 Å². The van der Waals surface area contributed by atoms with Crippen molar-refractivity contribution in [2.75, 3.05) is 12.4 Å². The molecular weight excluding hydrogens is 490 g/mol. The van der Waals surface area contributed by atoms with Crippen LogP contribution in [0.25, 0.3) is 11.0 Å². The molecule has 0 radical (unpaired) electrons. The number of carbonyl (C=O) groups excluding carboxylic acids is 3. The molecule has 2 aromatic heterocycles. The summed E-state index contributed by atoms with van der Waals surface area (Å²) in [6.07, 6.45) is 4.29. The molecule has 4 aromatic rings. The number of para-hydroxylation sites is 1. The number of rotatable bonds is 6. The van der Waals surface area contributed by atoms with Crippen LogP contribution in [0.4, 0.5) is 5.00 Å². The molecular formula is C28H25N3O5S. The third kappa shape index (κ3) is 4.95. The Bertz CT molecular complexity index is 1480. The van der Waals surface area contributed by atoms with Crippen molar-refractivity contribution in [2.45, 2.75) is 38.2 Å². The summed E-state index contributed by atoms with van der Waals surface area (Å²) in [6, 6.07) is 15.3. The Kier molecular flexibility index (Phi) is 6.96. The Balaban J connectivity index is 1.34. The van der Waals surface area contributed by atoms with Crippen molar-refractivity contribution in [3.63, 3.8) is 0 Å². The highest BCUT2D eigenvalue weighted by molar-refractivity contribution is 7.17. The predicted octanol–water partition coefficient (Wildman–Crippen LogP) is 4.93.